The summed E-state index contributed by atoms with van der Waals surface area (Å²) in [6.07, 6.45) is 1.33. The lowest BCUT2D eigenvalue weighted by Gasteiger charge is -2.35. The fourth-order valence-corrected chi connectivity index (χ4v) is 5.25. The van der Waals surface area contributed by atoms with Gasteiger partial charge in [-0.3, -0.25) is 0 Å². The Morgan fingerprint density at radius 3 is 2.80 bits per heavy atom. The van der Waals surface area contributed by atoms with Crippen LogP contribution in [0.4, 0.5) is 0 Å². The van der Waals surface area contributed by atoms with Gasteiger partial charge in [-0.2, -0.15) is 0 Å². The Bertz CT molecular complexity index is 577. The maximum atomic E-state index is 12.4. The summed E-state index contributed by atoms with van der Waals surface area (Å²) in [6.45, 7) is 6.11. The number of aliphatic hydroxyl groups is 1. The molecule has 0 bridgehead atoms. The van der Waals surface area contributed by atoms with Gasteiger partial charge in [0.1, 0.15) is 0 Å². The molecule has 0 saturated carbocycles. The van der Waals surface area contributed by atoms with E-state index < -0.39 is 10.0 Å². The third-order valence-electron chi connectivity index (χ3n) is 3.39. The third kappa shape index (κ3) is 3.59. The largest absolute Gasteiger partial charge is 0.391 e. The normalized spacial score (nSPS) is 22.9. The highest BCUT2D eigenvalue weighted by molar-refractivity contribution is 7.89. The van der Waals surface area contributed by atoms with Crippen LogP contribution in [0, 0.1) is 6.92 Å². The molecule has 20 heavy (non-hydrogen) atoms. The molecule has 1 aliphatic heterocycles. The van der Waals surface area contributed by atoms with E-state index in [2.05, 4.69) is 4.72 Å². The van der Waals surface area contributed by atoms with Gasteiger partial charge in [0.15, 0.2) is 0 Å². The lowest BCUT2D eigenvalue weighted by molar-refractivity contribution is -0.0599. The lowest BCUT2D eigenvalue weighted by Crippen LogP contribution is -2.45. The first-order valence-electron chi connectivity index (χ1n) is 6.60. The molecule has 0 spiro atoms. The van der Waals surface area contributed by atoms with Crippen LogP contribution in [-0.4, -0.2) is 31.8 Å². The summed E-state index contributed by atoms with van der Waals surface area (Å²) in [5.74, 6) is 0. The van der Waals surface area contributed by atoms with E-state index in [4.69, 9.17) is 9.84 Å². The molecule has 0 aliphatic carbocycles. The first kappa shape index (κ1) is 15.9. The predicted octanol–water partition coefficient (Wildman–Crippen LogP) is 1.78. The van der Waals surface area contributed by atoms with E-state index in [1.165, 1.54) is 11.3 Å². The number of hydrogen-bond donors (Lipinski definition) is 2. The first-order chi connectivity index (χ1) is 9.23. The van der Waals surface area contributed by atoms with Crippen LogP contribution in [0.5, 0.6) is 0 Å². The van der Waals surface area contributed by atoms with Crippen molar-refractivity contribution in [2.24, 2.45) is 0 Å². The minimum atomic E-state index is -3.54. The topological polar surface area (TPSA) is 75.6 Å². The quantitative estimate of drug-likeness (QED) is 0.887. The van der Waals surface area contributed by atoms with Crippen molar-refractivity contribution in [2.45, 2.75) is 56.8 Å². The summed E-state index contributed by atoms with van der Waals surface area (Å²) in [5.41, 5.74) is -0.300. The van der Waals surface area contributed by atoms with Crippen molar-refractivity contribution >= 4 is 21.4 Å². The molecule has 0 radical (unpaired) electrons. The molecule has 1 unspecified atom stereocenters. The number of thiophene rings is 1. The van der Waals surface area contributed by atoms with Crippen LogP contribution in [0.2, 0.25) is 0 Å². The summed E-state index contributed by atoms with van der Waals surface area (Å²) < 4.78 is 33.2. The number of ether oxygens (including phenoxy) is 1. The Labute approximate surface area is 124 Å². The second kappa shape index (κ2) is 5.73. The van der Waals surface area contributed by atoms with Crippen LogP contribution in [0.25, 0.3) is 0 Å². The number of hydrogen-bond acceptors (Lipinski definition) is 5. The molecular weight excluding hydrogens is 298 g/mol. The molecule has 2 heterocycles. The first-order valence-corrected chi connectivity index (χ1v) is 8.90. The average molecular weight is 319 g/mol. The zero-order chi connectivity index (χ0) is 15.0. The predicted molar refractivity (Wildman–Crippen MR) is 78.4 cm³/mol. The minimum absolute atomic E-state index is 0.111. The highest BCUT2D eigenvalue weighted by atomic mass is 32.2. The van der Waals surface area contributed by atoms with Gasteiger partial charge in [-0.25, -0.2) is 13.1 Å². The van der Waals surface area contributed by atoms with E-state index in [-0.39, 0.29) is 23.1 Å². The molecule has 2 N–H and O–H groups in total. The van der Waals surface area contributed by atoms with Crippen molar-refractivity contribution in [1.82, 2.24) is 4.72 Å². The molecule has 1 saturated heterocycles. The number of rotatable bonds is 4. The Kier molecular flexibility index (Phi) is 4.56. The standard InChI is InChI=1S/C13H21NO4S2/c1-9-12(6-11(8-15)19-9)20(16,17)14-10-4-5-18-13(2,3)7-10/h6,10,14-15H,4-5,7-8H2,1-3H3. The fourth-order valence-electron chi connectivity index (χ4n) is 2.48. The minimum Gasteiger partial charge on any atom is -0.391 e. The molecule has 1 aliphatic rings. The summed E-state index contributed by atoms with van der Waals surface area (Å²) in [5, 5.41) is 9.11. The van der Waals surface area contributed by atoms with E-state index in [9.17, 15) is 8.42 Å². The highest BCUT2D eigenvalue weighted by Gasteiger charge is 2.32. The maximum absolute atomic E-state index is 12.4. The van der Waals surface area contributed by atoms with Crippen LogP contribution in [0.3, 0.4) is 0 Å². The van der Waals surface area contributed by atoms with E-state index in [1.807, 2.05) is 13.8 Å². The zero-order valence-corrected chi connectivity index (χ0v) is 13.6. The van der Waals surface area contributed by atoms with Gasteiger partial charge in [0.2, 0.25) is 10.0 Å². The van der Waals surface area contributed by atoms with Gasteiger partial charge in [-0.15, -0.1) is 11.3 Å². The fraction of sp³-hybridized carbons (Fsp3) is 0.692. The highest BCUT2D eigenvalue weighted by Crippen LogP contribution is 2.28. The van der Waals surface area contributed by atoms with Gasteiger partial charge in [-0.1, -0.05) is 0 Å². The molecule has 2 rings (SSSR count). The van der Waals surface area contributed by atoms with Gasteiger partial charge >= 0.3 is 0 Å². The van der Waals surface area contributed by atoms with Crippen molar-refractivity contribution in [3.05, 3.63) is 15.8 Å². The van der Waals surface area contributed by atoms with Gasteiger partial charge in [0.05, 0.1) is 17.1 Å². The number of aliphatic hydroxyl groups excluding tert-OH is 1. The van der Waals surface area contributed by atoms with Gasteiger partial charge in [0, 0.05) is 22.4 Å². The molecule has 114 valence electrons. The second-order valence-electron chi connectivity index (χ2n) is 5.71. The van der Waals surface area contributed by atoms with Crippen molar-refractivity contribution in [2.75, 3.05) is 6.61 Å². The van der Waals surface area contributed by atoms with E-state index in [0.717, 1.165) is 0 Å². The lowest BCUT2D eigenvalue weighted by atomic mass is 9.95. The van der Waals surface area contributed by atoms with Crippen molar-refractivity contribution < 1.29 is 18.3 Å². The molecule has 5 nitrogen and oxygen atoms in total. The van der Waals surface area contributed by atoms with Crippen molar-refractivity contribution in [3.8, 4) is 0 Å². The van der Waals surface area contributed by atoms with Gasteiger partial charge in [-0.05, 0) is 39.7 Å². The Morgan fingerprint density at radius 2 is 2.25 bits per heavy atom. The monoisotopic (exact) mass is 319 g/mol. The van der Waals surface area contributed by atoms with Crippen LogP contribution in [0.1, 0.15) is 36.4 Å². The molecule has 1 atom stereocenters. The summed E-state index contributed by atoms with van der Waals surface area (Å²) in [7, 11) is -3.54. The molecular formula is C13H21NO4S2. The molecule has 1 aromatic heterocycles. The van der Waals surface area contributed by atoms with Crippen molar-refractivity contribution in [3.63, 3.8) is 0 Å². The van der Waals surface area contributed by atoms with E-state index in [0.29, 0.717) is 29.2 Å². The smallest absolute Gasteiger partial charge is 0.241 e. The van der Waals surface area contributed by atoms with Crippen molar-refractivity contribution in [1.29, 1.82) is 0 Å². The van der Waals surface area contributed by atoms with Gasteiger partial charge in [0.25, 0.3) is 0 Å². The molecule has 0 amide bonds. The zero-order valence-electron chi connectivity index (χ0n) is 12.0. The summed E-state index contributed by atoms with van der Waals surface area (Å²) in [4.78, 5) is 1.64. The van der Waals surface area contributed by atoms with Crippen LogP contribution in [0.15, 0.2) is 11.0 Å². The van der Waals surface area contributed by atoms with E-state index >= 15 is 0 Å². The molecule has 1 fully saturated rings. The number of nitrogens with one attached hydrogen (secondary N) is 1. The van der Waals surface area contributed by atoms with E-state index in [1.54, 1.807) is 13.0 Å². The molecule has 0 aromatic carbocycles. The Hall–Kier alpha value is -0.470. The van der Waals surface area contributed by atoms with Crippen LogP contribution in [-0.2, 0) is 21.4 Å². The molecule has 7 heteroatoms. The number of aryl methyl sites for hydroxylation is 1. The molecule has 1 aromatic rings. The Morgan fingerprint density at radius 1 is 1.55 bits per heavy atom. The van der Waals surface area contributed by atoms with Crippen LogP contribution >= 0.6 is 11.3 Å². The average Bonchev–Trinajstić information content (AvgIpc) is 2.69. The SMILES string of the molecule is Cc1sc(CO)cc1S(=O)(=O)NC1CCOC(C)(C)C1. The van der Waals surface area contributed by atoms with Crippen LogP contribution < -0.4 is 4.72 Å². The van der Waals surface area contributed by atoms with Gasteiger partial charge < -0.3 is 9.84 Å². The Balaban J connectivity index is 2.16. The summed E-state index contributed by atoms with van der Waals surface area (Å²) >= 11 is 1.31. The number of sulfonamides is 1. The maximum Gasteiger partial charge on any atom is 0.241 e. The summed E-state index contributed by atoms with van der Waals surface area (Å²) in [6, 6.07) is 1.44. The third-order valence-corrected chi connectivity index (χ3v) is 6.20. The second-order valence-corrected chi connectivity index (χ2v) is 8.73.